The van der Waals surface area contributed by atoms with E-state index in [2.05, 4.69) is 20.9 Å². The normalized spacial score (nSPS) is 19.0. The zero-order valence-corrected chi connectivity index (χ0v) is 10.1. The van der Waals surface area contributed by atoms with Crippen LogP contribution in [-0.4, -0.2) is 29.9 Å². The van der Waals surface area contributed by atoms with Gasteiger partial charge in [-0.2, -0.15) is 0 Å². The second-order valence-electron chi connectivity index (χ2n) is 4.05. The highest BCUT2D eigenvalue weighted by Crippen LogP contribution is 2.20. The molecule has 1 aromatic rings. The summed E-state index contributed by atoms with van der Waals surface area (Å²) < 4.78 is 26.8. The predicted octanol–water partition coefficient (Wildman–Crippen LogP) is 0.619. The third-order valence-corrected chi connectivity index (χ3v) is 2.72. The molecule has 8 heteroatoms. The number of amides is 2. The lowest BCUT2D eigenvalue weighted by atomic mass is 10.1. The van der Waals surface area contributed by atoms with E-state index in [9.17, 15) is 18.4 Å². The van der Waals surface area contributed by atoms with Crippen LogP contribution in [0.3, 0.4) is 0 Å². The Hall–Kier alpha value is -2.25. The lowest BCUT2D eigenvalue weighted by Gasteiger charge is -2.22. The highest BCUT2D eigenvalue weighted by Gasteiger charge is 2.27. The van der Waals surface area contributed by atoms with Crippen LogP contribution in [0, 0.1) is 11.6 Å². The van der Waals surface area contributed by atoms with Gasteiger partial charge in [-0.05, 0) is 6.42 Å². The summed E-state index contributed by atoms with van der Waals surface area (Å²) in [4.78, 5) is 26.2. The average molecular weight is 270 g/mol. The number of halogens is 2. The van der Waals surface area contributed by atoms with Crippen molar-refractivity contribution in [3.05, 3.63) is 17.7 Å². The standard InChI is InChI=1S/C11H12F2N4O2/c1-14-9-5(12)4-6(13)10(17-9)15-7-2-3-8(18)16-11(7)19/h4,7H,2-3H2,1H3,(H2,14,15,17)(H,16,18,19). The molecule has 0 aromatic carbocycles. The first-order chi connectivity index (χ1) is 9.01. The number of rotatable bonds is 3. The summed E-state index contributed by atoms with van der Waals surface area (Å²) in [6.07, 6.45) is 0.392. The summed E-state index contributed by atoms with van der Waals surface area (Å²) in [6, 6.07) is -0.0950. The molecule has 0 aliphatic carbocycles. The number of nitrogens with one attached hydrogen (secondary N) is 3. The summed E-state index contributed by atoms with van der Waals surface area (Å²) in [5.41, 5.74) is 0. The SMILES string of the molecule is CNc1nc(NC2CCC(=O)NC2=O)c(F)cc1F. The van der Waals surface area contributed by atoms with E-state index in [0.717, 1.165) is 0 Å². The molecule has 0 spiro atoms. The minimum absolute atomic E-state index is 0.129. The van der Waals surface area contributed by atoms with Gasteiger partial charge >= 0.3 is 0 Å². The molecule has 3 N–H and O–H groups in total. The van der Waals surface area contributed by atoms with Crippen molar-refractivity contribution in [1.29, 1.82) is 0 Å². The molecule has 0 radical (unpaired) electrons. The Morgan fingerprint density at radius 2 is 2.00 bits per heavy atom. The zero-order chi connectivity index (χ0) is 14.0. The van der Waals surface area contributed by atoms with Gasteiger partial charge in [-0.1, -0.05) is 0 Å². The van der Waals surface area contributed by atoms with Crippen molar-refractivity contribution in [2.45, 2.75) is 18.9 Å². The second-order valence-corrected chi connectivity index (χ2v) is 4.05. The van der Waals surface area contributed by atoms with E-state index in [1.807, 2.05) is 0 Å². The van der Waals surface area contributed by atoms with Crippen LogP contribution in [0.25, 0.3) is 0 Å². The van der Waals surface area contributed by atoms with Crippen LogP contribution in [0.5, 0.6) is 0 Å². The first kappa shape index (κ1) is 13.2. The van der Waals surface area contributed by atoms with E-state index in [1.165, 1.54) is 7.05 Å². The number of imide groups is 1. The molecular formula is C11H12F2N4O2. The molecule has 2 amide bonds. The molecule has 102 valence electrons. The molecule has 1 aromatic heterocycles. The van der Waals surface area contributed by atoms with Gasteiger partial charge in [-0.3, -0.25) is 14.9 Å². The number of nitrogens with zero attached hydrogens (tertiary/aromatic N) is 1. The van der Waals surface area contributed by atoms with Crippen molar-refractivity contribution in [3.63, 3.8) is 0 Å². The van der Waals surface area contributed by atoms with Crippen LogP contribution in [0.1, 0.15) is 12.8 Å². The molecular weight excluding hydrogens is 258 g/mol. The quantitative estimate of drug-likeness (QED) is 0.701. The van der Waals surface area contributed by atoms with Crippen LogP contribution >= 0.6 is 0 Å². The molecule has 6 nitrogen and oxygen atoms in total. The highest BCUT2D eigenvalue weighted by atomic mass is 19.1. The van der Waals surface area contributed by atoms with Crippen molar-refractivity contribution in [3.8, 4) is 0 Å². The van der Waals surface area contributed by atoms with Gasteiger partial charge in [-0.15, -0.1) is 0 Å². The largest absolute Gasteiger partial charge is 0.371 e. The van der Waals surface area contributed by atoms with Gasteiger partial charge in [0.2, 0.25) is 11.8 Å². The summed E-state index contributed by atoms with van der Waals surface area (Å²) in [5, 5.41) is 7.16. The number of pyridine rings is 1. The molecule has 0 bridgehead atoms. The topological polar surface area (TPSA) is 83.1 Å². The van der Waals surface area contributed by atoms with Crippen molar-refractivity contribution in [2.75, 3.05) is 17.7 Å². The first-order valence-electron chi connectivity index (χ1n) is 5.65. The van der Waals surface area contributed by atoms with Crippen LogP contribution < -0.4 is 16.0 Å². The Balaban J connectivity index is 2.19. The maximum absolute atomic E-state index is 13.5. The lowest BCUT2D eigenvalue weighted by molar-refractivity contribution is -0.133. The Labute approximate surface area is 107 Å². The number of carbonyl (C=O) groups excluding carboxylic acids is 2. The van der Waals surface area contributed by atoms with Gasteiger partial charge in [0, 0.05) is 19.5 Å². The fourth-order valence-corrected chi connectivity index (χ4v) is 1.74. The lowest BCUT2D eigenvalue weighted by Crippen LogP contribution is -2.47. The molecule has 1 saturated heterocycles. The monoisotopic (exact) mass is 270 g/mol. The number of piperidine rings is 1. The maximum atomic E-state index is 13.5. The fourth-order valence-electron chi connectivity index (χ4n) is 1.74. The molecule has 2 heterocycles. The Kier molecular flexibility index (Phi) is 3.59. The van der Waals surface area contributed by atoms with Crippen LogP contribution in [0.2, 0.25) is 0 Å². The van der Waals surface area contributed by atoms with E-state index in [-0.39, 0.29) is 30.4 Å². The van der Waals surface area contributed by atoms with Crippen LogP contribution in [0.4, 0.5) is 20.4 Å². The molecule has 19 heavy (non-hydrogen) atoms. The van der Waals surface area contributed by atoms with Crippen molar-refractivity contribution in [1.82, 2.24) is 10.3 Å². The van der Waals surface area contributed by atoms with E-state index >= 15 is 0 Å². The highest BCUT2D eigenvalue weighted by molar-refractivity contribution is 6.01. The number of hydrogen-bond donors (Lipinski definition) is 3. The summed E-state index contributed by atoms with van der Waals surface area (Å²) in [5.74, 6) is -3.01. The number of hydrogen-bond acceptors (Lipinski definition) is 5. The molecule has 1 atom stereocenters. The fraction of sp³-hybridized carbons (Fsp3) is 0.364. The molecule has 1 aliphatic rings. The minimum atomic E-state index is -0.902. The van der Waals surface area contributed by atoms with Gasteiger partial charge in [0.25, 0.3) is 0 Å². The smallest absolute Gasteiger partial charge is 0.249 e. The van der Waals surface area contributed by atoms with Crippen molar-refractivity contribution in [2.24, 2.45) is 0 Å². The van der Waals surface area contributed by atoms with Gasteiger partial charge < -0.3 is 10.6 Å². The average Bonchev–Trinajstić information content (AvgIpc) is 2.35. The first-order valence-corrected chi connectivity index (χ1v) is 5.65. The minimum Gasteiger partial charge on any atom is -0.371 e. The maximum Gasteiger partial charge on any atom is 0.249 e. The predicted molar refractivity (Wildman–Crippen MR) is 63.5 cm³/mol. The molecule has 0 saturated carbocycles. The summed E-state index contributed by atoms with van der Waals surface area (Å²) in [7, 11) is 1.44. The zero-order valence-electron chi connectivity index (χ0n) is 10.1. The second kappa shape index (κ2) is 5.17. The summed E-state index contributed by atoms with van der Waals surface area (Å²) >= 11 is 0. The number of aromatic nitrogens is 1. The van der Waals surface area contributed by atoms with E-state index < -0.39 is 23.6 Å². The Morgan fingerprint density at radius 1 is 1.32 bits per heavy atom. The third kappa shape index (κ3) is 2.78. The third-order valence-electron chi connectivity index (χ3n) is 2.72. The van der Waals surface area contributed by atoms with Gasteiger partial charge in [0.05, 0.1) is 0 Å². The van der Waals surface area contributed by atoms with Gasteiger partial charge in [-0.25, -0.2) is 13.8 Å². The van der Waals surface area contributed by atoms with E-state index in [1.54, 1.807) is 0 Å². The van der Waals surface area contributed by atoms with Crippen LogP contribution in [0.15, 0.2) is 6.07 Å². The summed E-state index contributed by atoms with van der Waals surface area (Å²) in [6.45, 7) is 0. The molecule has 1 fully saturated rings. The van der Waals surface area contributed by atoms with E-state index in [4.69, 9.17) is 0 Å². The van der Waals surface area contributed by atoms with E-state index in [0.29, 0.717) is 6.07 Å². The Morgan fingerprint density at radius 3 is 2.63 bits per heavy atom. The Bertz CT molecular complexity index is 536. The van der Waals surface area contributed by atoms with Crippen molar-refractivity contribution < 1.29 is 18.4 Å². The van der Waals surface area contributed by atoms with Crippen LogP contribution in [-0.2, 0) is 9.59 Å². The van der Waals surface area contributed by atoms with Crippen molar-refractivity contribution >= 4 is 23.5 Å². The number of anilines is 2. The molecule has 1 unspecified atom stereocenters. The van der Waals surface area contributed by atoms with Gasteiger partial charge in [0.1, 0.15) is 6.04 Å². The number of carbonyl (C=O) groups is 2. The molecule has 1 aliphatic heterocycles. The van der Waals surface area contributed by atoms with Gasteiger partial charge in [0.15, 0.2) is 23.3 Å². The molecule has 2 rings (SSSR count).